The SMILES string of the molecule is C1CCOC1.C1CCOC1.CC[C@H](NC(=O)c1cncc2c1cnn2-c1ccc(F)cc1)c1ccnc(C(C)(C)O)c1.CC[C@H](NC(=O)c1cncc2c1cnn2-c1ccc(F)cc1)c1ccnc(C(C)=O)c1.CC[C@H](NC(=O)c1cncc2c1cnn2-c1ccc(F)cc1)c1ccnc(C(C)O)c1.CC[C@H](NC(=O)c1cncc2c1cnn2-c1ccc(F)cc1)c1ccnc(C=O)c1.[CH3-].[CH3-].[Li+].[Li+].[O]=[Mn]=[O]. The number of benzene rings is 4. The molecule has 4 amide bonds. The number of aldehydes is 1. The Morgan fingerprint density at radius 3 is 0.965 bits per heavy atom. The van der Waals surface area contributed by atoms with Crippen LogP contribution in [0.4, 0.5) is 17.6 Å². The van der Waals surface area contributed by atoms with Gasteiger partial charge in [0.05, 0.1) is 158 Å². The van der Waals surface area contributed by atoms with Crippen molar-refractivity contribution in [3.8, 4) is 22.7 Å². The molecule has 18 rings (SSSR count). The van der Waals surface area contributed by atoms with E-state index in [2.05, 4.69) is 81.5 Å². The number of ketones is 1. The number of amides is 4. The minimum atomic E-state index is -1.44. The number of aliphatic hydroxyl groups is 2. The van der Waals surface area contributed by atoms with Crippen LogP contribution in [0.15, 0.2) is 245 Å². The van der Waals surface area contributed by atoms with E-state index in [1.54, 1.807) is 199 Å². The number of rotatable bonds is 24. The van der Waals surface area contributed by atoms with Gasteiger partial charge in [0.15, 0.2) is 12.1 Å². The number of halogens is 4. The number of pyridine rings is 8. The van der Waals surface area contributed by atoms with Gasteiger partial charge >= 0.3 is 60.2 Å². The number of aromatic nitrogens is 16. The Kier molecular flexibility index (Phi) is 43.5. The predicted molar refractivity (Wildman–Crippen MR) is 510 cm³/mol. The Labute approximate surface area is 842 Å². The van der Waals surface area contributed by atoms with E-state index in [4.69, 9.17) is 17.1 Å². The number of hydrogen-bond donors (Lipinski definition) is 6. The summed E-state index contributed by atoms with van der Waals surface area (Å²) >= 11 is -1.44. The molecule has 0 radical (unpaired) electrons. The van der Waals surface area contributed by atoms with Crippen LogP contribution in [-0.4, -0.2) is 151 Å². The zero-order valence-electron chi connectivity index (χ0n) is 80.1. The Morgan fingerprint density at radius 1 is 0.418 bits per heavy atom. The van der Waals surface area contributed by atoms with E-state index in [-0.39, 0.29) is 129 Å². The predicted octanol–water partition coefficient (Wildman–Crippen LogP) is 11.9. The molecule has 6 N–H and O–H groups in total. The second-order valence-corrected chi connectivity index (χ2v) is 32.1. The molecule has 2 fully saturated rings. The molecule has 14 heterocycles. The summed E-state index contributed by atoms with van der Waals surface area (Å²) in [6, 6.07) is 36.8. The van der Waals surface area contributed by atoms with Crippen molar-refractivity contribution in [1.82, 2.24) is 100 Å². The molecular formula is C102H106F4Li2MnN20O12. The van der Waals surface area contributed by atoms with Crippen molar-refractivity contribution in [2.45, 2.75) is 143 Å². The van der Waals surface area contributed by atoms with E-state index in [0.29, 0.717) is 143 Å². The molecule has 0 spiro atoms. The number of nitrogens with zero attached hydrogens (tertiary/aromatic N) is 16. The molecule has 5 atom stereocenters. The number of hydrogen-bond acceptors (Lipinski definition) is 24. The first-order valence-electron chi connectivity index (χ1n) is 44.0. The fourth-order valence-electron chi connectivity index (χ4n) is 14.8. The van der Waals surface area contributed by atoms with Crippen molar-refractivity contribution in [2.24, 2.45) is 0 Å². The van der Waals surface area contributed by atoms with Crippen LogP contribution in [0.2, 0.25) is 0 Å². The van der Waals surface area contributed by atoms with Crippen LogP contribution in [0, 0.1) is 38.1 Å². The standard InChI is InChI=1S/C24H24FN5O2.C23H22FN5O2.C23H20FN5O2.C22H18FN5O2.2C4H8O.2CH3.2Li.Mn.2O/c1-4-20(15-9-10-27-22(11-15)24(2,3)32)29-23(31)19-12-26-14-21-18(19)13-28-30(21)17-7-5-16(25)6-8-17;2*1-3-20(15-8-9-26-21(10-15)14(2)30)28-23(31)19-11-25-13-22-18(19)12-27-29(22)17-6-4-16(24)5-7-17;1-2-20(14-7-8-25-16(9-14)13-29)27-22(30)19-10-24-12-21-18(19)11-26-28(21)17-5-3-15(23)4-6-17;2*1-2-4-5-3-1;;;;;;;/h5-14,20,32H,4H2,1-3H3,(H,29,31);4-14,20,30H,3H2,1-2H3,(H,28,31);4-13,20H,3H2,1-2H3,(H,28,31);3-13,20H,2H2,1H3,(H,27,30);2*1-4H2;2*1H3;;;;;/q;;;;;;2*-1;2*+1;;;/t20-;14?,20-;2*20-;;;;;;;;;/m0000........./s1. The fourth-order valence-corrected chi connectivity index (χ4v) is 14.8. The number of nitrogens with one attached hydrogen (secondary N) is 4. The van der Waals surface area contributed by atoms with Gasteiger partial charge in [0, 0.05) is 104 Å². The van der Waals surface area contributed by atoms with Crippen LogP contribution in [0.25, 0.3) is 66.4 Å². The number of carbonyl (C=O) groups is 6. The first-order valence-corrected chi connectivity index (χ1v) is 45.0. The molecule has 0 aliphatic carbocycles. The Hall–Kier alpha value is -13.9. The van der Waals surface area contributed by atoms with Crippen LogP contribution in [0.5, 0.6) is 0 Å². The Balaban J connectivity index is 0.000000218. The van der Waals surface area contributed by atoms with Crippen LogP contribution in [0.3, 0.4) is 0 Å². The molecule has 2 aliphatic rings. The van der Waals surface area contributed by atoms with Crippen molar-refractivity contribution >= 4 is 79.3 Å². The summed E-state index contributed by atoms with van der Waals surface area (Å²) < 4.78 is 86.2. The second kappa shape index (κ2) is 54.6. The van der Waals surface area contributed by atoms with Crippen LogP contribution < -0.4 is 59.0 Å². The van der Waals surface area contributed by atoms with Crippen LogP contribution in [0.1, 0.15) is 233 Å². The molecule has 2 aliphatic heterocycles. The summed E-state index contributed by atoms with van der Waals surface area (Å²) in [7, 11) is 0. The topological polar surface area (TPSA) is 418 Å². The van der Waals surface area contributed by atoms with Gasteiger partial charge in [-0.25, -0.2) is 36.3 Å². The van der Waals surface area contributed by atoms with Gasteiger partial charge in [0.2, 0.25) is 0 Å². The first kappa shape index (κ1) is 112. The monoisotopic (exact) mass is 1950 g/mol. The van der Waals surface area contributed by atoms with Gasteiger partial charge in [-0.1, -0.05) is 27.7 Å². The van der Waals surface area contributed by atoms with Gasteiger partial charge in [-0.3, -0.25) is 68.6 Å². The summed E-state index contributed by atoms with van der Waals surface area (Å²) in [5.74, 6) is -2.65. The summed E-state index contributed by atoms with van der Waals surface area (Å²) in [6.45, 7) is 18.3. The molecule has 723 valence electrons. The third-order valence-corrected chi connectivity index (χ3v) is 22.1. The molecule has 141 heavy (non-hydrogen) atoms. The zero-order valence-corrected chi connectivity index (χ0v) is 81.2. The minimum absolute atomic E-state index is 0. The molecular weight excluding hydrogens is 1840 g/mol. The molecule has 32 nitrogen and oxygen atoms in total. The molecule has 16 aromatic rings. The van der Waals surface area contributed by atoms with Gasteiger partial charge in [0.25, 0.3) is 23.6 Å². The van der Waals surface area contributed by atoms with Crippen molar-refractivity contribution in [2.75, 3.05) is 26.4 Å². The van der Waals surface area contributed by atoms with E-state index in [0.717, 1.165) is 48.7 Å². The average Bonchev–Trinajstić information content (AvgIpc) is 1.66. The van der Waals surface area contributed by atoms with Crippen LogP contribution >= 0.6 is 0 Å². The summed E-state index contributed by atoms with van der Waals surface area (Å²) in [4.78, 5) is 108. The number of ether oxygens (including phenoxy) is 2. The molecule has 4 aromatic carbocycles. The first-order chi connectivity index (χ1) is 66.2. The van der Waals surface area contributed by atoms with E-state index >= 15 is 0 Å². The third-order valence-electron chi connectivity index (χ3n) is 22.1. The number of aliphatic hydroxyl groups excluding tert-OH is 1. The van der Waals surface area contributed by atoms with Crippen molar-refractivity contribution < 1.29 is 126 Å². The quantitative estimate of drug-likeness (QED) is 0.0108. The number of fused-ring (bicyclic) bond motifs is 4. The number of Topliss-reactive ketones (excluding diaryl/α,β-unsaturated/α-hetero) is 1. The zero-order chi connectivity index (χ0) is 97.7. The van der Waals surface area contributed by atoms with Crippen molar-refractivity contribution in [3.63, 3.8) is 0 Å². The summed E-state index contributed by atoms with van der Waals surface area (Å²) in [5.41, 5.74) is 10.8. The van der Waals surface area contributed by atoms with Crippen LogP contribution in [-0.2, 0) is 37.6 Å². The Morgan fingerprint density at radius 2 is 0.695 bits per heavy atom. The molecule has 0 saturated carbocycles. The van der Waals surface area contributed by atoms with E-state index in [1.165, 1.54) is 106 Å². The van der Waals surface area contributed by atoms with Gasteiger partial charge in [-0.05, 0) is 240 Å². The van der Waals surface area contributed by atoms with Gasteiger partial charge in [-0.15, -0.1) is 0 Å². The van der Waals surface area contributed by atoms with E-state index in [9.17, 15) is 56.5 Å². The third kappa shape index (κ3) is 29.6. The number of carbonyl (C=O) groups excluding carboxylic acids is 6. The second-order valence-electron chi connectivity index (χ2n) is 31.9. The molecule has 39 heteroatoms. The van der Waals surface area contributed by atoms with Crippen molar-refractivity contribution in [3.05, 3.63) is 350 Å². The normalized spacial score (nSPS) is 12.7. The van der Waals surface area contributed by atoms with E-state index < -0.39 is 26.5 Å². The maximum absolute atomic E-state index is 13.3. The summed E-state index contributed by atoms with van der Waals surface area (Å²) in [6.07, 6.45) is 32.9. The molecule has 12 aromatic heterocycles. The molecule has 2 saturated heterocycles. The summed E-state index contributed by atoms with van der Waals surface area (Å²) in [5, 5.41) is 52.1. The van der Waals surface area contributed by atoms with Gasteiger partial charge in [0.1, 0.15) is 40.3 Å². The molecule has 0 bridgehead atoms. The van der Waals surface area contributed by atoms with Gasteiger partial charge in [-0.2, -0.15) is 20.4 Å². The van der Waals surface area contributed by atoms with Crippen molar-refractivity contribution in [1.29, 1.82) is 0 Å². The molecule has 1 unspecified atom stereocenters. The fraction of sp³-hybridized carbons (Fsp3) is 0.255. The Bertz CT molecular complexity index is 6860. The van der Waals surface area contributed by atoms with E-state index in [1.807, 2.05) is 39.8 Å². The van der Waals surface area contributed by atoms with Gasteiger partial charge < -0.3 is 55.8 Å². The maximum atomic E-state index is 13.3. The average molecular weight is 1950 g/mol.